The molecule has 10 nitrogen and oxygen atoms in total. The quantitative estimate of drug-likeness (QED) is 0.567. The van der Waals surface area contributed by atoms with Crippen molar-refractivity contribution in [2.24, 2.45) is 7.05 Å². The van der Waals surface area contributed by atoms with Crippen molar-refractivity contribution in [2.45, 2.75) is 20.8 Å². The molecule has 0 radical (unpaired) electrons. The molecular weight excluding hydrogens is 350 g/mol. The zero-order valence-corrected chi connectivity index (χ0v) is 15.2. The van der Waals surface area contributed by atoms with Gasteiger partial charge in [0.05, 0.1) is 17.5 Å². The average Bonchev–Trinajstić information content (AvgIpc) is 3.25. The zero-order chi connectivity index (χ0) is 19.3. The molecule has 0 fully saturated rings. The van der Waals surface area contributed by atoms with Gasteiger partial charge in [-0.25, -0.2) is 0 Å². The summed E-state index contributed by atoms with van der Waals surface area (Å²) >= 11 is 0. The second-order valence-corrected chi connectivity index (χ2v) is 6.26. The van der Waals surface area contributed by atoms with E-state index in [1.54, 1.807) is 40.0 Å². The molecule has 0 saturated heterocycles. The molecule has 4 aromatic heterocycles. The molecule has 10 heteroatoms. The largest absolute Gasteiger partial charge is 0.466 e. The van der Waals surface area contributed by atoms with Gasteiger partial charge in [-0.15, -0.1) is 0 Å². The highest BCUT2D eigenvalue weighted by Crippen LogP contribution is 2.19. The van der Waals surface area contributed by atoms with Crippen LogP contribution in [0, 0.1) is 20.8 Å². The molecule has 4 rings (SSSR count). The maximum atomic E-state index is 12.6. The lowest BCUT2D eigenvalue weighted by Gasteiger charge is -2.08. The van der Waals surface area contributed by atoms with Gasteiger partial charge in [0.2, 0.25) is 5.95 Å². The Kier molecular flexibility index (Phi) is 3.69. The maximum Gasteiger partial charge on any atom is 0.263 e. The van der Waals surface area contributed by atoms with Gasteiger partial charge in [-0.1, -0.05) is 0 Å². The molecule has 27 heavy (non-hydrogen) atoms. The molecule has 138 valence electrons. The minimum atomic E-state index is -0.338. The number of fused-ring (bicyclic) bond motifs is 1. The lowest BCUT2D eigenvalue weighted by Crippen LogP contribution is -2.19. The third-order valence-electron chi connectivity index (χ3n) is 4.15. The molecule has 0 atom stereocenters. The first kappa shape index (κ1) is 16.8. The van der Waals surface area contributed by atoms with E-state index < -0.39 is 0 Å². The Hall–Kier alpha value is -3.69. The number of rotatable bonds is 3. The molecule has 0 aromatic carbocycles. The van der Waals surface area contributed by atoms with Crippen LogP contribution in [-0.2, 0) is 7.05 Å². The van der Waals surface area contributed by atoms with Gasteiger partial charge < -0.3 is 9.73 Å². The Balaban J connectivity index is 1.78. The molecule has 1 amide bonds. The molecule has 0 unspecified atom stereocenters. The topological polar surface area (TPSA) is 124 Å². The Labute approximate surface area is 152 Å². The monoisotopic (exact) mass is 367 g/mol. The standard InChI is InChI=1S/C17H17N7O3/c1-8-5-13(19-15(25)11-6-9(2)27-10(11)3)24(22-8)17-20-14-12(16(26)21-17)7-18-23(14)4/h5-7H,1-4H3,(H,19,25)(H,20,21,26). The van der Waals surface area contributed by atoms with Crippen LogP contribution in [0.4, 0.5) is 5.82 Å². The molecule has 0 saturated carbocycles. The molecule has 0 aliphatic heterocycles. The second kappa shape index (κ2) is 5.94. The number of nitrogens with zero attached hydrogens (tertiary/aromatic N) is 5. The summed E-state index contributed by atoms with van der Waals surface area (Å²) in [5.41, 5.74) is 1.16. The van der Waals surface area contributed by atoms with Crippen LogP contribution < -0.4 is 10.9 Å². The summed E-state index contributed by atoms with van der Waals surface area (Å²) < 4.78 is 8.29. The van der Waals surface area contributed by atoms with Crippen LogP contribution in [0.3, 0.4) is 0 Å². The van der Waals surface area contributed by atoms with Crippen LogP contribution in [-0.4, -0.2) is 35.4 Å². The predicted molar refractivity (Wildman–Crippen MR) is 97.1 cm³/mol. The number of hydrogen-bond acceptors (Lipinski definition) is 6. The fourth-order valence-corrected chi connectivity index (χ4v) is 2.91. The first-order valence-corrected chi connectivity index (χ1v) is 8.21. The van der Waals surface area contributed by atoms with Crippen molar-refractivity contribution in [3.8, 4) is 5.95 Å². The lowest BCUT2D eigenvalue weighted by atomic mass is 10.2. The van der Waals surface area contributed by atoms with E-state index in [9.17, 15) is 9.59 Å². The first-order valence-electron chi connectivity index (χ1n) is 8.21. The van der Waals surface area contributed by atoms with E-state index in [1.807, 2.05) is 0 Å². The number of carbonyl (C=O) groups is 1. The Morgan fingerprint density at radius 2 is 2.04 bits per heavy atom. The smallest absolute Gasteiger partial charge is 0.263 e. The highest BCUT2D eigenvalue weighted by Gasteiger charge is 2.18. The fraction of sp³-hybridized carbons (Fsp3) is 0.235. The average molecular weight is 367 g/mol. The van der Waals surface area contributed by atoms with Crippen molar-refractivity contribution < 1.29 is 9.21 Å². The van der Waals surface area contributed by atoms with Gasteiger partial charge in [0.25, 0.3) is 11.5 Å². The van der Waals surface area contributed by atoms with Crippen LogP contribution in [0.5, 0.6) is 0 Å². The van der Waals surface area contributed by atoms with E-state index in [1.165, 1.54) is 15.6 Å². The van der Waals surface area contributed by atoms with Crippen molar-refractivity contribution in [3.63, 3.8) is 0 Å². The first-order chi connectivity index (χ1) is 12.8. The van der Waals surface area contributed by atoms with Gasteiger partial charge in [-0.2, -0.15) is 19.9 Å². The number of hydrogen-bond donors (Lipinski definition) is 2. The van der Waals surface area contributed by atoms with Crippen molar-refractivity contribution in [1.82, 2.24) is 29.5 Å². The summed E-state index contributed by atoms with van der Waals surface area (Å²) in [6.45, 7) is 5.27. The molecule has 0 aliphatic carbocycles. The number of H-pyrrole nitrogens is 1. The summed E-state index contributed by atoms with van der Waals surface area (Å²) in [5.74, 6) is 1.39. The van der Waals surface area contributed by atoms with Crippen molar-refractivity contribution in [3.05, 3.63) is 51.5 Å². The van der Waals surface area contributed by atoms with Gasteiger partial charge in [-0.05, 0) is 26.8 Å². The Bertz CT molecular complexity index is 1240. The second-order valence-electron chi connectivity index (χ2n) is 6.26. The van der Waals surface area contributed by atoms with E-state index in [2.05, 4.69) is 25.5 Å². The molecule has 0 spiro atoms. The van der Waals surface area contributed by atoms with E-state index in [0.717, 1.165) is 0 Å². The SMILES string of the molecule is Cc1cc(NC(=O)c2cc(C)oc2C)n(-c2nc3c(cnn3C)c(=O)[nH]2)n1. The van der Waals surface area contributed by atoms with Crippen LogP contribution in [0.2, 0.25) is 0 Å². The van der Waals surface area contributed by atoms with E-state index in [0.29, 0.717) is 39.6 Å². The highest BCUT2D eigenvalue weighted by atomic mass is 16.3. The van der Waals surface area contributed by atoms with Crippen LogP contribution in [0.25, 0.3) is 17.0 Å². The van der Waals surface area contributed by atoms with Gasteiger partial charge in [-0.3, -0.25) is 19.3 Å². The number of nitrogens with one attached hydrogen (secondary N) is 2. The van der Waals surface area contributed by atoms with Gasteiger partial charge in [0, 0.05) is 13.1 Å². The number of furan rings is 1. The summed E-state index contributed by atoms with van der Waals surface area (Å²) in [5, 5.41) is 11.5. The minimum absolute atomic E-state index is 0.180. The normalized spacial score (nSPS) is 11.3. The fourth-order valence-electron chi connectivity index (χ4n) is 2.91. The molecule has 4 aromatic rings. The third kappa shape index (κ3) is 2.80. The van der Waals surface area contributed by atoms with E-state index in [4.69, 9.17) is 4.42 Å². The Morgan fingerprint density at radius 1 is 1.26 bits per heavy atom. The van der Waals surface area contributed by atoms with Crippen LogP contribution >= 0.6 is 0 Å². The summed E-state index contributed by atoms with van der Waals surface area (Å²) in [7, 11) is 1.69. The van der Waals surface area contributed by atoms with Crippen LogP contribution in [0.15, 0.2) is 27.5 Å². The number of anilines is 1. The van der Waals surface area contributed by atoms with Gasteiger partial charge in [0.1, 0.15) is 22.7 Å². The zero-order valence-electron chi connectivity index (χ0n) is 15.2. The number of aromatic nitrogens is 6. The highest BCUT2D eigenvalue weighted by molar-refractivity contribution is 6.04. The van der Waals surface area contributed by atoms with Crippen molar-refractivity contribution in [2.75, 3.05) is 5.32 Å². The summed E-state index contributed by atoms with van der Waals surface area (Å²) in [6, 6.07) is 3.35. The minimum Gasteiger partial charge on any atom is -0.466 e. The maximum absolute atomic E-state index is 12.6. The molecule has 0 aliphatic rings. The van der Waals surface area contributed by atoms with Gasteiger partial charge >= 0.3 is 0 Å². The van der Waals surface area contributed by atoms with Crippen molar-refractivity contribution >= 4 is 22.8 Å². The van der Waals surface area contributed by atoms with E-state index in [-0.39, 0.29) is 17.4 Å². The molecule has 0 bridgehead atoms. The van der Waals surface area contributed by atoms with Crippen molar-refractivity contribution in [1.29, 1.82) is 0 Å². The number of aromatic amines is 1. The molecular formula is C17H17N7O3. The van der Waals surface area contributed by atoms with Gasteiger partial charge in [0.15, 0.2) is 5.65 Å². The number of carbonyl (C=O) groups excluding carboxylic acids is 1. The lowest BCUT2D eigenvalue weighted by molar-refractivity contribution is 0.102. The number of amides is 1. The van der Waals surface area contributed by atoms with Crippen LogP contribution in [0.1, 0.15) is 27.6 Å². The molecule has 4 heterocycles. The third-order valence-corrected chi connectivity index (χ3v) is 4.15. The Morgan fingerprint density at radius 3 is 2.74 bits per heavy atom. The summed E-state index contributed by atoms with van der Waals surface area (Å²) in [4.78, 5) is 32.0. The predicted octanol–water partition coefficient (Wildman–Crippen LogP) is 1.61. The summed E-state index contributed by atoms with van der Waals surface area (Å²) in [6.07, 6.45) is 1.45. The molecule has 2 N–H and O–H groups in total. The number of aryl methyl sites for hydroxylation is 4. The van der Waals surface area contributed by atoms with E-state index >= 15 is 0 Å².